The largest absolute Gasteiger partial charge is 0.493 e. The zero-order valence-corrected chi connectivity index (χ0v) is 12.1. The Bertz CT molecular complexity index is 827. The first kappa shape index (κ1) is 14.2. The van der Waals surface area contributed by atoms with Crippen molar-refractivity contribution in [3.63, 3.8) is 0 Å². The topological polar surface area (TPSA) is 76.2 Å². The lowest BCUT2D eigenvalue weighted by molar-refractivity contribution is 0.281. The fourth-order valence-electron chi connectivity index (χ4n) is 2.38. The number of aliphatic hydroxyl groups is 1. The maximum absolute atomic E-state index is 11.3. The molecular formula is C16H15N3O3. The standard InChI is InChI=1S/C16H15N3O3/c1-2-22-13-6-4-3-5-12(13)15-16(18-21)19-9-11(10-20)7-8-14(19)17-15/h3-9,20H,2,10H2,1H3. The van der Waals surface area contributed by atoms with Gasteiger partial charge in [0.1, 0.15) is 17.1 Å². The first-order chi connectivity index (χ1) is 10.8. The summed E-state index contributed by atoms with van der Waals surface area (Å²) in [5, 5.41) is 12.4. The van der Waals surface area contributed by atoms with Crippen LogP contribution in [-0.4, -0.2) is 21.1 Å². The summed E-state index contributed by atoms with van der Waals surface area (Å²) in [6.07, 6.45) is 1.66. The van der Waals surface area contributed by atoms with E-state index < -0.39 is 0 Å². The van der Waals surface area contributed by atoms with Crippen molar-refractivity contribution < 1.29 is 9.84 Å². The van der Waals surface area contributed by atoms with Crippen LogP contribution in [0.5, 0.6) is 5.75 Å². The van der Waals surface area contributed by atoms with Crippen LogP contribution >= 0.6 is 0 Å². The molecule has 3 aromatic rings. The van der Waals surface area contributed by atoms with Crippen molar-refractivity contribution in [1.29, 1.82) is 0 Å². The van der Waals surface area contributed by atoms with Crippen molar-refractivity contribution in [2.75, 3.05) is 6.61 Å². The zero-order chi connectivity index (χ0) is 15.5. The second kappa shape index (κ2) is 5.95. The SMILES string of the molecule is CCOc1ccccc1-c1nc2ccc(CO)cn2c1N=O. The van der Waals surface area contributed by atoms with Crippen molar-refractivity contribution in [1.82, 2.24) is 9.38 Å². The lowest BCUT2D eigenvalue weighted by atomic mass is 10.1. The highest BCUT2D eigenvalue weighted by Crippen LogP contribution is 2.36. The summed E-state index contributed by atoms with van der Waals surface area (Å²) >= 11 is 0. The highest BCUT2D eigenvalue weighted by Gasteiger charge is 2.18. The summed E-state index contributed by atoms with van der Waals surface area (Å²) in [6, 6.07) is 10.9. The van der Waals surface area contributed by atoms with Gasteiger partial charge in [-0.15, -0.1) is 4.91 Å². The van der Waals surface area contributed by atoms with Crippen LogP contribution < -0.4 is 4.74 Å². The van der Waals surface area contributed by atoms with Gasteiger partial charge in [-0.25, -0.2) is 4.98 Å². The van der Waals surface area contributed by atoms with E-state index in [-0.39, 0.29) is 12.4 Å². The van der Waals surface area contributed by atoms with E-state index in [0.717, 1.165) is 0 Å². The van der Waals surface area contributed by atoms with Gasteiger partial charge in [-0.1, -0.05) is 18.2 Å². The minimum atomic E-state index is -0.114. The minimum absolute atomic E-state index is 0.114. The average molecular weight is 297 g/mol. The van der Waals surface area contributed by atoms with E-state index in [1.54, 1.807) is 22.7 Å². The summed E-state index contributed by atoms with van der Waals surface area (Å²) in [4.78, 5) is 15.8. The Morgan fingerprint density at radius 3 is 2.82 bits per heavy atom. The van der Waals surface area contributed by atoms with Gasteiger partial charge in [-0.3, -0.25) is 4.40 Å². The molecule has 112 valence electrons. The molecule has 0 saturated carbocycles. The van der Waals surface area contributed by atoms with Gasteiger partial charge >= 0.3 is 0 Å². The number of fused-ring (bicyclic) bond motifs is 1. The number of pyridine rings is 1. The Kier molecular flexibility index (Phi) is 3.84. The molecule has 6 heteroatoms. The molecule has 0 amide bonds. The molecule has 1 aromatic carbocycles. The summed E-state index contributed by atoms with van der Waals surface area (Å²) < 4.78 is 7.18. The number of nitrogens with zero attached hydrogens (tertiary/aromatic N) is 3. The fraction of sp³-hybridized carbons (Fsp3) is 0.188. The maximum Gasteiger partial charge on any atom is 0.209 e. The number of imidazole rings is 1. The molecule has 2 aromatic heterocycles. The molecule has 3 rings (SSSR count). The van der Waals surface area contributed by atoms with E-state index in [4.69, 9.17) is 4.74 Å². The Hall–Kier alpha value is -2.73. The van der Waals surface area contributed by atoms with Crippen LogP contribution in [0.4, 0.5) is 5.82 Å². The van der Waals surface area contributed by atoms with E-state index in [2.05, 4.69) is 10.2 Å². The van der Waals surface area contributed by atoms with E-state index >= 15 is 0 Å². The zero-order valence-electron chi connectivity index (χ0n) is 12.1. The molecule has 22 heavy (non-hydrogen) atoms. The van der Waals surface area contributed by atoms with E-state index in [9.17, 15) is 10.0 Å². The molecule has 0 saturated heterocycles. The van der Waals surface area contributed by atoms with Gasteiger partial charge < -0.3 is 9.84 Å². The third-order valence-electron chi connectivity index (χ3n) is 3.37. The number of nitroso groups, excluding NO2 is 1. The molecule has 2 heterocycles. The summed E-state index contributed by atoms with van der Waals surface area (Å²) in [5.74, 6) is 0.846. The summed E-state index contributed by atoms with van der Waals surface area (Å²) in [5.41, 5.74) is 2.45. The number of aliphatic hydroxyl groups excluding tert-OH is 1. The van der Waals surface area contributed by atoms with Crippen molar-refractivity contribution in [3.8, 4) is 17.0 Å². The molecule has 0 atom stereocenters. The van der Waals surface area contributed by atoms with Crippen LogP contribution in [0.3, 0.4) is 0 Å². The monoisotopic (exact) mass is 297 g/mol. The van der Waals surface area contributed by atoms with Gasteiger partial charge in [0.05, 0.1) is 13.2 Å². The van der Waals surface area contributed by atoms with Crippen molar-refractivity contribution in [2.45, 2.75) is 13.5 Å². The molecule has 6 nitrogen and oxygen atoms in total. The lowest BCUT2D eigenvalue weighted by Crippen LogP contribution is -1.94. The Labute approximate surface area is 127 Å². The number of rotatable bonds is 5. The minimum Gasteiger partial charge on any atom is -0.493 e. The molecule has 0 aliphatic rings. The molecule has 0 aliphatic carbocycles. The first-order valence-corrected chi connectivity index (χ1v) is 6.96. The molecular weight excluding hydrogens is 282 g/mol. The van der Waals surface area contributed by atoms with Crippen molar-refractivity contribution in [3.05, 3.63) is 53.1 Å². The number of benzene rings is 1. The van der Waals surface area contributed by atoms with Gasteiger partial charge in [-0.05, 0) is 35.9 Å². The van der Waals surface area contributed by atoms with Gasteiger partial charge in [0.25, 0.3) is 0 Å². The van der Waals surface area contributed by atoms with Crippen LogP contribution in [0.15, 0.2) is 47.8 Å². The Morgan fingerprint density at radius 2 is 2.09 bits per heavy atom. The third-order valence-corrected chi connectivity index (χ3v) is 3.37. The second-order valence-electron chi connectivity index (χ2n) is 4.73. The number of hydrogen-bond donors (Lipinski definition) is 1. The molecule has 0 bridgehead atoms. The normalized spacial score (nSPS) is 10.8. The molecule has 0 radical (unpaired) electrons. The van der Waals surface area contributed by atoms with Gasteiger partial charge in [-0.2, -0.15) is 0 Å². The van der Waals surface area contributed by atoms with E-state index in [1.165, 1.54) is 0 Å². The molecule has 0 unspecified atom stereocenters. The number of hydrogen-bond acceptors (Lipinski definition) is 5. The van der Waals surface area contributed by atoms with E-state index in [0.29, 0.717) is 34.8 Å². The molecule has 1 N–H and O–H groups in total. The van der Waals surface area contributed by atoms with Crippen LogP contribution in [0.1, 0.15) is 12.5 Å². The van der Waals surface area contributed by atoms with Crippen molar-refractivity contribution in [2.24, 2.45) is 5.18 Å². The summed E-state index contributed by atoms with van der Waals surface area (Å²) in [7, 11) is 0. The van der Waals surface area contributed by atoms with Crippen LogP contribution in [-0.2, 0) is 6.61 Å². The third kappa shape index (κ3) is 2.33. The van der Waals surface area contributed by atoms with Crippen molar-refractivity contribution >= 4 is 11.5 Å². The smallest absolute Gasteiger partial charge is 0.209 e. The van der Waals surface area contributed by atoms with Crippen LogP contribution in [0, 0.1) is 4.91 Å². The molecule has 0 fully saturated rings. The van der Waals surface area contributed by atoms with Gasteiger partial charge in [0.2, 0.25) is 5.82 Å². The first-order valence-electron chi connectivity index (χ1n) is 6.96. The van der Waals surface area contributed by atoms with E-state index in [1.807, 2.05) is 31.2 Å². The predicted molar refractivity (Wildman–Crippen MR) is 83.2 cm³/mol. The molecule has 0 aliphatic heterocycles. The van der Waals surface area contributed by atoms with Crippen LogP contribution in [0.2, 0.25) is 0 Å². The van der Waals surface area contributed by atoms with Crippen LogP contribution in [0.25, 0.3) is 16.9 Å². The fourth-order valence-corrected chi connectivity index (χ4v) is 2.38. The number of ether oxygens (including phenoxy) is 1. The Morgan fingerprint density at radius 1 is 1.27 bits per heavy atom. The quantitative estimate of drug-likeness (QED) is 0.733. The van der Waals surface area contributed by atoms with Gasteiger partial charge in [0, 0.05) is 11.8 Å². The lowest BCUT2D eigenvalue weighted by Gasteiger charge is -2.07. The molecule has 0 spiro atoms. The predicted octanol–water partition coefficient (Wildman–Crippen LogP) is 3.29. The average Bonchev–Trinajstić information content (AvgIpc) is 2.93. The second-order valence-corrected chi connectivity index (χ2v) is 4.73. The summed E-state index contributed by atoms with van der Waals surface area (Å²) in [6.45, 7) is 2.30. The van der Waals surface area contributed by atoms with Gasteiger partial charge in [0.15, 0.2) is 0 Å². The number of aromatic nitrogens is 2. The Balaban J connectivity index is 2.25. The maximum atomic E-state index is 11.3. The highest BCUT2D eigenvalue weighted by molar-refractivity contribution is 5.78. The number of para-hydroxylation sites is 1. The highest BCUT2D eigenvalue weighted by atomic mass is 16.5.